The Morgan fingerprint density at radius 2 is 1.27 bits per heavy atom. The van der Waals surface area contributed by atoms with Gasteiger partial charge in [-0.2, -0.15) is 0 Å². The van der Waals surface area contributed by atoms with E-state index in [0.717, 1.165) is 17.6 Å². The molecule has 0 aromatic heterocycles. The second-order valence-electron chi connectivity index (χ2n) is 5.42. The van der Waals surface area contributed by atoms with Gasteiger partial charge in [0, 0.05) is 12.1 Å². The predicted molar refractivity (Wildman–Crippen MR) is 72.1 cm³/mol. The summed E-state index contributed by atoms with van der Waals surface area (Å²) in [5.41, 5.74) is 5.61. The lowest BCUT2D eigenvalue weighted by Crippen LogP contribution is -2.68. The van der Waals surface area contributed by atoms with Gasteiger partial charge in [0.15, 0.2) is 11.4 Å². The van der Waals surface area contributed by atoms with Crippen LogP contribution < -0.4 is 28.0 Å². The lowest BCUT2D eigenvalue weighted by molar-refractivity contribution is -2.00. The second-order valence-corrected chi connectivity index (χ2v) is 6.18. The number of halogens is 1. The highest BCUT2D eigenvalue weighted by Gasteiger charge is 2.44. The molecule has 2 aromatic rings. The van der Waals surface area contributed by atoms with Gasteiger partial charge in [0.05, 0.1) is 13.6 Å². The molecule has 0 saturated carbocycles. The molecule has 0 unspecified atom stereocenters. The summed E-state index contributed by atoms with van der Waals surface area (Å²) in [4.78, 5) is 2.45. The number of quaternary nitrogens is 1. The fourth-order valence-corrected chi connectivity index (χ4v) is 3.26. The SMILES string of the molecule is C[N+]12CCN(c3ccccc31)c1ccccc12.[O-][Cl+3]([O-])([O-])[O-]. The molecule has 5 rings (SSSR count). The quantitative estimate of drug-likeness (QED) is 0.560. The van der Waals surface area contributed by atoms with Crippen molar-refractivity contribution in [1.82, 2.24) is 4.48 Å². The summed E-state index contributed by atoms with van der Waals surface area (Å²) < 4.78 is 34.9. The van der Waals surface area contributed by atoms with Gasteiger partial charge in [-0.05, 0) is 12.1 Å². The third kappa shape index (κ3) is 2.56. The van der Waals surface area contributed by atoms with Crippen LogP contribution in [0.25, 0.3) is 0 Å². The lowest BCUT2D eigenvalue weighted by atomic mass is 10.0. The Morgan fingerprint density at radius 1 is 0.864 bits per heavy atom. The van der Waals surface area contributed by atoms with Crippen LogP contribution in [0, 0.1) is 10.2 Å². The zero-order valence-electron chi connectivity index (χ0n) is 11.9. The predicted octanol–water partition coefficient (Wildman–Crippen LogP) is -1.34. The molecule has 0 aliphatic carbocycles. The highest BCUT2D eigenvalue weighted by Crippen LogP contribution is 2.54. The minimum Gasteiger partial charge on any atom is -0.326 e. The number of benzene rings is 2. The maximum Gasteiger partial charge on any atom is 0.161 e. The standard InChI is InChI=1S/C15H15N2.ClHO4/c1-17-11-10-16(12-6-2-4-8-14(12)17)13-7-3-5-9-15(13)17;2-1(3,4)5/h2-9H,10-11H2,1H3;(H,2,3,4,5)/q+1;/p-1. The molecule has 3 aliphatic rings. The van der Waals surface area contributed by atoms with Crippen molar-refractivity contribution in [2.45, 2.75) is 0 Å². The van der Waals surface area contributed by atoms with Crippen LogP contribution in [0.5, 0.6) is 0 Å². The molecule has 2 bridgehead atoms. The van der Waals surface area contributed by atoms with Crippen molar-refractivity contribution in [3.05, 3.63) is 48.5 Å². The molecule has 0 amide bonds. The maximum atomic E-state index is 8.49. The normalized spacial score (nSPS) is 17.2. The Bertz CT molecular complexity index is 648. The topological polar surface area (TPSA) is 95.5 Å². The van der Waals surface area contributed by atoms with E-state index in [1.165, 1.54) is 22.7 Å². The Labute approximate surface area is 130 Å². The zero-order chi connectivity index (χ0) is 16.0. The van der Waals surface area contributed by atoms with Crippen molar-refractivity contribution in [3.8, 4) is 0 Å². The first-order valence-corrected chi connectivity index (χ1v) is 7.98. The Morgan fingerprint density at radius 3 is 1.73 bits per heavy atom. The fourth-order valence-electron chi connectivity index (χ4n) is 3.26. The highest BCUT2D eigenvalue weighted by molar-refractivity contribution is 5.92. The van der Waals surface area contributed by atoms with Crippen LogP contribution in [-0.2, 0) is 0 Å². The third-order valence-electron chi connectivity index (χ3n) is 4.18. The van der Waals surface area contributed by atoms with E-state index >= 15 is 0 Å². The van der Waals surface area contributed by atoms with Crippen LogP contribution in [0.1, 0.15) is 0 Å². The number of nitrogens with zero attached hydrogens (tertiary/aromatic N) is 2. The van der Waals surface area contributed by atoms with Gasteiger partial charge in [-0.25, -0.2) is 18.6 Å². The van der Waals surface area contributed by atoms with Gasteiger partial charge in [-0.15, -0.1) is 10.2 Å². The molecule has 0 radical (unpaired) electrons. The number of hydrogen-bond acceptors (Lipinski definition) is 5. The van der Waals surface area contributed by atoms with Gasteiger partial charge in [-0.1, -0.05) is 24.3 Å². The molecular formula is C15H15ClN2O4. The molecule has 7 heteroatoms. The first kappa shape index (κ1) is 15.2. The van der Waals surface area contributed by atoms with Crippen LogP contribution >= 0.6 is 0 Å². The molecule has 3 aliphatic heterocycles. The fraction of sp³-hybridized carbons (Fsp3) is 0.200. The van der Waals surface area contributed by atoms with Gasteiger partial charge in [0.1, 0.15) is 17.9 Å². The van der Waals surface area contributed by atoms with Crippen LogP contribution in [-0.4, -0.2) is 20.1 Å². The van der Waals surface area contributed by atoms with E-state index in [2.05, 4.69) is 60.5 Å². The molecular weight excluding hydrogens is 308 g/mol. The highest BCUT2D eigenvalue weighted by atomic mass is 35.7. The minimum atomic E-state index is -4.94. The minimum absolute atomic E-state index is 0.947. The average Bonchev–Trinajstić information content (AvgIpc) is 2.47. The van der Waals surface area contributed by atoms with Crippen molar-refractivity contribution < 1.29 is 28.9 Å². The van der Waals surface area contributed by atoms with Crippen molar-refractivity contribution in [2.24, 2.45) is 0 Å². The van der Waals surface area contributed by atoms with Crippen LogP contribution in [0.2, 0.25) is 0 Å². The summed E-state index contributed by atoms with van der Waals surface area (Å²) in [5.74, 6) is 0. The van der Waals surface area contributed by atoms with E-state index in [1.807, 2.05) is 0 Å². The number of anilines is 2. The van der Waals surface area contributed by atoms with E-state index in [-0.39, 0.29) is 0 Å². The summed E-state index contributed by atoms with van der Waals surface area (Å²) in [6, 6.07) is 17.6. The molecule has 0 atom stereocenters. The van der Waals surface area contributed by atoms with Gasteiger partial charge in [0.25, 0.3) is 0 Å². The van der Waals surface area contributed by atoms with Crippen molar-refractivity contribution in [2.75, 3.05) is 25.0 Å². The van der Waals surface area contributed by atoms with Gasteiger partial charge in [0.2, 0.25) is 0 Å². The number of para-hydroxylation sites is 4. The van der Waals surface area contributed by atoms with Crippen LogP contribution in [0.15, 0.2) is 48.5 Å². The van der Waals surface area contributed by atoms with Crippen molar-refractivity contribution in [3.63, 3.8) is 0 Å². The smallest absolute Gasteiger partial charge is 0.161 e. The van der Waals surface area contributed by atoms with Crippen molar-refractivity contribution in [1.29, 1.82) is 0 Å². The molecule has 6 nitrogen and oxygen atoms in total. The van der Waals surface area contributed by atoms with Crippen LogP contribution in [0.3, 0.4) is 0 Å². The monoisotopic (exact) mass is 322 g/mol. The third-order valence-corrected chi connectivity index (χ3v) is 4.18. The van der Waals surface area contributed by atoms with Gasteiger partial charge in [-0.3, -0.25) is 4.48 Å². The summed E-state index contributed by atoms with van der Waals surface area (Å²) in [7, 11) is -2.62. The molecule has 0 spiro atoms. The summed E-state index contributed by atoms with van der Waals surface area (Å²) >= 11 is 0. The summed E-state index contributed by atoms with van der Waals surface area (Å²) in [6.07, 6.45) is 0. The van der Waals surface area contributed by atoms with E-state index in [0.29, 0.717) is 0 Å². The number of likely N-dealkylation sites (N-methyl/N-ethyl adjacent to an activating group) is 1. The van der Waals surface area contributed by atoms with E-state index in [9.17, 15) is 0 Å². The second kappa shape index (κ2) is 5.20. The van der Waals surface area contributed by atoms with Gasteiger partial charge >= 0.3 is 0 Å². The molecule has 2 aromatic carbocycles. The molecule has 0 N–H and O–H groups in total. The van der Waals surface area contributed by atoms with Crippen LogP contribution in [0.4, 0.5) is 22.7 Å². The Balaban J connectivity index is 0.000000254. The summed E-state index contributed by atoms with van der Waals surface area (Å²) in [5, 5.41) is 0. The zero-order valence-corrected chi connectivity index (χ0v) is 12.7. The first-order valence-electron chi connectivity index (χ1n) is 6.75. The average molecular weight is 323 g/mol. The van der Waals surface area contributed by atoms with E-state index < -0.39 is 10.2 Å². The largest absolute Gasteiger partial charge is 0.326 e. The van der Waals surface area contributed by atoms with Gasteiger partial charge < -0.3 is 4.90 Å². The summed E-state index contributed by atoms with van der Waals surface area (Å²) in [6.45, 7) is 2.28. The van der Waals surface area contributed by atoms with Crippen molar-refractivity contribution >= 4 is 22.7 Å². The Hall–Kier alpha value is -1.67. The lowest BCUT2D eigenvalue weighted by Gasteiger charge is -2.49. The molecule has 22 heavy (non-hydrogen) atoms. The molecule has 116 valence electrons. The first-order chi connectivity index (χ1) is 10.3. The maximum absolute atomic E-state index is 8.49. The number of hydrogen-bond donors (Lipinski definition) is 0. The molecule has 0 fully saturated rings. The number of fused-ring (bicyclic) bond motifs is 1. The molecule has 0 saturated heterocycles. The Kier molecular flexibility index (Phi) is 3.60. The van der Waals surface area contributed by atoms with E-state index in [4.69, 9.17) is 18.6 Å². The molecule has 3 heterocycles. The van der Waals surface area contributed by atoms with E-state index in [1.54, 1.807) is 0 Å². The number of rotatable bonds is 0.